The fourth-order valence-electron chi connectivity index (χ4n) is 2.86. The molecular weight excluding hydrogens is 348 g/mol. The van der Waals surface area contributed by atoms with Gasteiger partial charge in [-0.05, 0) is 49.4 Å². The van der Waals surface area contributed by atoms with Crippen LogP contribution in [0, 0.1) is 0 Å². The Bertz CT molecular complexity index is 940. The van der Waals surface area contributed by atoms with E-state index in [4.69, 9.17) is 4.74 Å². The maximum Gasteiger partial charge on any atom is 0.355 e. The third-order valence-electron chi connectivity index (χ3n) is 4.03. The molecular formula is C20H22N2O3S. The largest absolute Gasteiger partial charge is 0.458 e. The van der Waals surface area contributed by atoms with Gasteiger partial charge in [0.15, 0.2) is 0 Å². The van der Waals surface area contributed by atoms with Gasteiger partial charge in [0.2, 0.25) is 5.91 Å². The van der Waals surface area contributed by atoms with Crippen LogP contribution in [0.5, 0.6) is 0 Å². The van der Waals surface area contributed by atoms with Crippen LogP contribution in [-0.2, 0) is 22.5 Å². The molecule has 0 saturated heterocycles. The fourth-order valence-corrected chi connectivity index (χ4v) is 3.76. The predicted molar refractivity (Wildman–Crippen MR) is 105 cm³/mol. The Hall–Kier alpha value is -2.60. The molecule has 0 unspecified atom stereocenters. The number of rotatable bonds is 6. The summed E-state index contributed by atoms with van der Waals surface area (Å²) in [6, 6.07) is 11.5. The van der Waals surface area contributed by atoms with Crippen molar-refractivity contribution in [3.05, 3.63) is 53.0 Å². The SMILES string of the molecule is CCc1ccccc1NC(=O)Cn1c(C(=O)OC(C)C)cc2ccsc21. The Morgan fingerprint density at radius 3 is 2.73 bits per heavy atom. The molecule has 0 saturated carbocycles. The molecule has 0 radical (unpaired) electrons. The van der Waals surface area contributed by atoms with Gasteiger partial charge in [0.25, 0.3) is 0 Å². The number of carbonyl (C=O) groups is 2. The Kier molecular flexibility index (Phi) is 5.42. The lowest BCUT2D eigenvalue weighted by molar-refractivity contribution is -0.116. The zero-order valence-electron chi connectivity index (χ0n) is 15.1. The number of aryl methyl sites for hydroxylation is 1. The highest BCUT2D eigenvalue weighted by molar-refractivity contribution is 7.16. The highest BCUT2D eigenvalue weighted by Gasteiger charge is 2.20. The van der Waals surface area contributed by atoms with Gasteiger partial charge in [-0.25, -0.2) is 4.79 Å². The van der Waals surface area contributed by atoms with Crippen LogP contribution in [0.3, 0.4) is 0 Å². The number of thiophene rings is 1. The normalized spacial score (nSPS) is 11.1. The highest BCUT2D eigenvalue weighted by atomic mass is 32.1. The Morgan fingerprint density at radius 1 is 1.23 bits per heavy atom. The number of hydrogen-bond acceptors (Lipinski definition) is 4. The molecule has 0 fully saturated rings. The number of aromatic nitrogens is 1. The number of esters is 1. The summed E-state index contributed by atoms with van der Waals surface area (Å²) in [5, 5.41) is 5.84. The molecule has 1 aromatic carbocycles. The molecule has 2 aromatic heterocycles. The van der Waals surface area contributed by atoms with Crippen LogP contribution in [-0.4, -0.2) is 22.5 Å². The Morgan fingerprint density at radius 2 is 2.00 bits per heavy atom. The maximum absolute atomic E-state index is 12.6. The van der Waals surface area contributed by atoms with Crippen LogP contribution in [0.1, 0.15) is 36.8 Å². The lowest BCUT2D eigenvalue weighted by Gasteiger charge is -2.13. The van der Waals surface area contributed by atoms with E-state index in [2.05, 4.69) is 5.32 Å². The average molecular weight is 370 g/mol. The van der Waals surface area contributed by atoms with Gasteiger partial charge >= 0.3 is 5.97 Å². The molecule has 0 bridgehead atoms. The van der Waals surface area contributed by atoms with Crippen LogP contribution in [0.2, 0.25) is 0 Å². The van der Waals surface area contributed by atoms with Crippen LogP contribution < -0.4 is 5.32 Å². The molecule has 0 spiro atoms. The highest BCUT2D eigenvalue weighted by Crippen LogP contribution is 2.26. The number of hydrogen-bond donors (Lipinski definition) is 1. The number of ether oxygens (including phenoxy) is 1. The summed E-state index contributed by atoms with van der Waals surface area (Å²) in [6.45, 7) is 5.72. The van der Waals surface area contributed by atoms with Gasteiger partial charge in [-0.3, -0.25) is 4.79 Å². The third-order valence-corrected chi connectivity index (χ3v) is 4.98. The summed E-state index contributed by atoms with van der Waals surface area (Å²) < 4.78 is 7.06. The van der Waals surface area contributed by atoms with E-state index in [0.29, 0.717) is 5.69 Å². The summed E-state index contributed by atoms with van der Waals surface area (Å²) in [5.74, 6) is -0.583. The van der Waals surface area contributed by atoms with Crippen LogP contribution in [0.25, 0.3) is 10.2 Å². The van der Waals surface area contributed by atoms with Gasteiger partial charge in [-0.15, -0.1) is 11.3 Å². The van der Waals surface area contributed by atoms with E-state index >= 15 is 0 Å². The molecule has 0 atom stereocenters. The van der Waals surface area contributed by atoms with Crippen molar-refractivity contribution in [2.75, 3.05) is 5.32 Å². The monoisotopic (exact) mass is 370 g/mol. The molecule has 6 heteroatoms. The molecule has 0 aliphatic carbocycles. The average Bonchev–Trinajstić information content (AvgIpc) is 3.17. The van der Waals surface area contributed by atoms with Gasteiger partial charge in [-0.2, -0.15) is 0 Å². The van der Waals surface area contributed by atoms with E-state index in [1.165, 1.54) is 11.3 Å². The van der Waals surface area contributed by atoms with Crippen molar-refractivity contribution in [2.24, 2.45) is 0 Å². The van der Waals surface area contributed by atoms with Crippen molar-refractivity contribution in [1.29, 1.82) is 0 Å². The summed E-state index contributed by atoms with van der Waals surface area (Å²) in [5.41, 5.74) is 2.29. The van der Waals surface area contributed by atoms with Crippen molar-refractivity contribution < 1.29 is 14.3 Å². The molecule has 26 heavy (non-hydrogen) atoms. The first-order chi connectivity index (χ1) is 12.5. The maximum atomic E-state index is 12.6. The van der Waals surface area contributed by atoms with E-state index in [9.17, 15) is 9.59 Å². The van der Waals surface area contributed by atoms with E-state index < -0.39 is 5.97 Å². The summed E-state index contributed by atoms with van der Waals surface area (Å²) in [4.78, 5) is 25.9. The molecule has 5 nitrogen and oxygen atoms in total. The number of carbonyl (C=O) groups excluding carboxylic acids is 2. The van der Waals surface area contributed by atoms with Gasteiger partial charge in [0, 0.05) is 11.1 Å². The minimum Gasteiger partial charge on any atom is -0.458 e. The van der Waals surface area contributed by atoms with Crippen molar-refractivity contribution in [3.63, 3.8) is 0 Å². The number of anilines is 1. The summed E-state index contributed by atoms with van der Waals surface area (Å²) >= 11 is 1.50. The third kappa shape index (κ3) is 3.80. The number of nitrogens with one attached hydrogen (secondary N) is 1. The molecule has 1 amide bonds. The fraction of sp³-hybridized carbons (Fsp3) is 0.300. The van der Waals surface area contributed by atoms with Crippen molar-refractivity contribution in [1.82, 2.24) is 4.57 Å². The molecule has 3 aromatic rings. The molecule has 0 aliphatic rings. The standard InChI is InChI=1S/C20H22N2O3S/c1-4-14-7-5-6-8-16(14)21-18(23)12-22-17(20(24)25-13(2)3)11-15-9-10-26-19(15)22/h5-11,13H,4,12H2,1-3H3,(H,21,23). The smallest absolute Gasteiger partial charge is 0.355 e. The molecule has 136 valence electrons. The number of fused-ring (bicyclic) bond motifs is 1. The zero-order chi connectivity index (χ0) is 18.7. The molecule has 0 aliphatic heterocycles. The van der Waals surface area contributed by atoms with Crippen molar-refractivity contribution in [2.45, 2.75) is 39.8 Å². The van der Waals surface area contributed by atoms with Gasteiger partial charge in [0.05, 0.1) is 6.10 Å². The van der Waals surface area contributed by atoms with Gasteiger partial charge in [0.1, 0.15) is 17.1 Å². The topological polar surface area (TPSA) is 60.3 Å². The Balaban J connectivity index is 1.86. The van der Waals surface area contributed by atoms with E-state index in [0.717, 1.165) is 27.9 Å². The van der Waals surface area contributed by atoms with Gasteiger partial charge in [-0.1, -0.05) is 25.1 Å². The van der Waals surface area contributed by atoms with Gasteiger partial charge < -0.3 is 14.6 Å². The molecule has 2 heterocycles. The number of benzene rings is 1. The van der Waals surface area contributed by atoms with E-state index in [1.807, 2.05) is 56.5 Å². The summed E-state index contributed by atoms with van der Waals surface area (Å²) in [6.07, 6.45) is 0.621. The number of nitrogens with zero attached hydrogens (tertiary/aromatic N) is 1. The molecule has 3 rings (SSSR count). The summed E-state index contributed by atoms with van der Waals surface area (Å²) in [7, 11) is 0. The Labute approximate surface area is 156 Å². The molecule has 1 N–H and O–H groups in total. The second kappa shape index (κ2) is 7.74. The van der Waals surface area contributed by atoms with E-state index in [1.54, 1.807) is 10.6 Å². The minimum atomic E-state index is -0.412. The van der Waals surface area contributed by atoms with E-state index in [-0.39, 0.29) is 18.6 Å². The lowest BCUT2D eigenvalue weighted by Crippen LogP contribution is -2.23. The minimum absolute atomic E-state index is 0.0601. The van der Waals surface area contributed by atoms with Crippen molar-refractivity contribution >= 4 is 39.1 Å². The second-order valence-electron chi connectivity index (χ2n) is 6.31. The lowest BCUT2D eigenvalue weighted by atomic mass is 10.1. The van der Waals surface area contributed by atoms with Crippen LogP contribution >= 0.6 is 11.3 Å². The first kappa shape index (κ1) is 18.2. The first-order valence-corrected chi connectivity index (χ1v) is 9.53. The predicted octanol–water partition coefficient (Wildman–Crippen LogP) is 4.47. The zero-order valence-corrected chi connectivity index (χ0v) is 15.9. The van der Waals surface area contributed by atoms with Crippen LogP contribution in [0.15, 0.2) is 41.8 Å². The number of para-hydroxylation sites is 1. The number of amides is 1. The first-order valence-electron chi connectivity index (χ1n) is 8.65. The van der Waals surface area contributed by atoms with Crippen LogP contribution in [0.4, 0.5) is 5.69 Å². The quantitative estimate of drug-likeness (QED) is 0.651. The second-order valence-corrected chi connectivity index (χ2v) is 7.20. The van der Waals surface area contributed by atoms with Crippen molar-refractivity contribution in [3.8, 4) is 0 Å².